The van der Waals surface area contributed by atoms with Gasteiger partial charge in [0.2, 0.25) is 5.95 Å². The van der Waals surface area contributed by atoms with Crippen LogP contribution in [0.3, 0.4) is 0 Å². The number of methoxy groups -OCH3 is 1. The molecule has 2 heterocycles. The summed E-state index contributed by atoms with van der Waals surface area (Å²) in [6, 6.07) is 8.11. The largest absolute Gasteiger partial charge is 0.497 e. The molecule has 1 N–H and O–H groups in total. The van der Waals surface area contributed by atoms with Crippen molar-refractivity contribution >= 4 is 17.1 Å². The lowest BCUT2D eigenvalue weighted by Gasteiger charge is -2.26. The second-order valence-corrected chi connectivity index (χ2v) is 5.37. The van der Waals surface area contributed by atoms with E-state index in [1.54, 1.807) is 18.0 Å². The maximum Gasteiger partial charge on any atom is 0.225 e. The number of aromatic nitrogens is 5. The van der Waals surface area contributed by atoms with Crippen LogP contribution in [0.25, 0.3) is 16.9 Å². The van der Waals surface area contributed by atoms with Crippen LogP contribution in [0, 0.1) is 0 Å². The van der Waals surface area contributed by atoms with Gasteiger partial charge in [0, 0.05) is 6.04 Å². The van der Waals surface area contributed by atoms with Crippen molar-refractivity contribution in [3.63, 3.8) is 0 Å². The summed E-state index contributed by atoms with van der Waals surface area (Å²) in [6.07, 6.45) is 5.33. The molecule has 0 aliphatic heterocycles. The van der Waals surface area contributed by atoms with E-state index < -0.39 is 0 Å². The zero-order chi connectivity index (χ0) is 14.9. The molecule has 7 heteroatoms. The first-order chi connectivity index (χ1) is 10.8. The molecule has 7 nitrogen and oxygen atoms in total. The molecule has 0 unspecified atom stereocenters. The van der Waals surface area contributed by atoms with Gasteiger partial charge in [0.05, 0.1) is 19.0 Å². The van der Waals surface area contributed by atoms with E-state index in [0.29, 0.717) is 23.2 Å². The van der Waals surface area contributed by atoms with E-state index >= 15 is 0 Å². The molecular formula is C15H16N6O. The summed E-state index contributed by atoms with van der Waals surface area (Å²) in [5, 5.41) is 11.6. The van der Waals surface area contributed by atoms with Gasteiger partial charge in [0.15, 0.2) is 11.2 Å². The lowest BCUT2D eigenvalue weighted by Crippen LogP contribution is -2.28. The summed E-state index contributed by atoms with van der Waals surface area (Å²) < 4.78 is 6.89. The van der Waals surface area contributed by atoms with E-state index in [9.17, 15) is 0 Å². The van der Waals surface area contributed by atoms with Gasteiger partial charge in [-0.3, -0.25) is 0 Å². The number of rotatable bonds is 4. The predicted molar refractivity (Wildman–Crippen MR) is 82.3 cm³/mol. The molecule has 0 spiro atoms. The number of hydrogen-bond acceptors (Lipinski definition) is 6. The zero-order valence-corrected chi connectivity index (χ0v) is 12.2. The van der Waals surface area contributed by atoms with Crippen molar-refractivity contribution < 1.29 is 4.74 Å². The van der Waals surface area contributed by atoms with Gasteiger partial charge in [-0.2, -0.15) is 9.67 Å². The van der Waals surface area contributed by atoms with Gasteiger partial charge in [-0.1, -0.05) is 5.21 Å². The van der Waals surface area contributed by atoms with Crippen LogP contribution in [0.4, 0.5) is 5.95 Å². The average Bonchev–Trinajstić information content (AvgIpc) is 2.94. The van der Waals surface area contributed by atoms with Crippen LogP contribution in [0.5, 0.6) is 5.75 Å². The van der Waals surface area contributed by atoms with Gasteiger partial charge in [-0.15, -0.1) is 5.10 Å². The van der Waals surface area contributed by atoms with Crippen LogP contribution < -0.4 is 10.1 Å². The molecular weight excluding hydrogens is 280 g/mol. The molecule has 1 aliphatic rings. The smallest absolute Gasteiger partial charge is 0.225 e. The number of ether oxygens (including phenoxy) is 1. The van der Waals surface area contributed by atoms with E-state index in [2.05, 4.69) is 25.6 Å². The number of nitrogens with one attached hydrogen (secondary N) is 1. The van der Waals surface area contributed by atoms with Gasteiger partial charge in [-0.05, 0) is 43.5 Å². The Bertz CT molecular complexity index is 793. The lowest BCUT2D eigenvalue weighted by atomic mass is 9.93. The van der Waals surface area contributed by atoms with Crippen molar-refractivity contribution in [1.29, 1.82) is 0 Å². The van der Waals surface area contributed by atoms with Crippen molar-refractivity contribution in [3.8, 4) is 11.4 Å². The summed E-state index contributed by atoms with van der Waals surface area (Å²) in [4.78, 5) is 8.87. The lowest BCUT2D eigenvalue weighted by molar-refractivity contribution is 0.414. The Balaban J connectivity index is 1.71. The fourth-order valence-corrected chi connectivity index (χ4v) is 2.43. The molecule has 1 saturated carbocycles. The topological polar surface area (TPSA) is 77.8 Å². The molecule has 0 saturated heterocycles. The Morgan fingerprint density at radius 3 is 2.73 bits per heavy atom. The van der Waals surface area contributed by atoms with Gasteiger partial charge in [0.25, 0.3) is 0 Å². The first-order valence-corrected chi connectivity index (χ1v) is 7.33. The minimum atomic E-state index is 0.489. The fourth-order valence-electron chi connectivity index (χ4n) is 2.43. The third-order valence-electron chi connectivity index (χ3n) is 3.95. The SMILES string of the molecule is COc1ccc(-n2nnc3cnc(NC4CCC4)nc32)cc1. The Hall–Kier alpha value is -2.70. The Morgan fingerprint density at radius 2 is 2.05 bits per heavy atom. The minimum Gasteiger partial charge on any atom is -0.497 e. The Labute approximate surface area is 127 Å². The summed E-state index contributed by atoms with van der Waals surface area (Å²) in [5.74, 6) is 1.43. The Morgan fingerprint density at radius 1 is 1.23 bits per heavy atom. The highest BCUT2D eigenvalue weighted by molar-refractivity contribution is 5.72. The average molecular weight is 296 g/mol. The van der Waals surface area contributed by atoms with Crippen molar-refractivity contribution in [2.45, 2.75) is 25.3 Å². The molecule has 0 atom stereocenters. The highest BCUT2D eigenvalue weighted by Crippen LogP contribution is 2.23. The van der Waals surface area contributed by atoms with Crippen LogP contribution in [-0.2, 0) is 0 Å². The first-order valence-electron chi connectivity index (χ1n) is 7.33. The van der Waals surface area contributed by atoms with E-state index in [-0.39, 0.29) is 0 Å². The molecule has 2 aromatic heterocycles. The highest BCUT2D eigenvalue weighted by Gasteiger charge is 2.18. The monoisotopic (exact) mass is 296 g/mol. The normalized spacial score (nSPS) is 14.8. The highest BCUT2D eigenvalue weighted by atomic mass is 16.5. The Kier molecular flexibility index (Phi) is 3.10. The summed E-state index contributed by atoms with van der Waals surface area (Å²) in [7, 11) is 1.64. The molecule has 0 amide bonds. The van der Waals surface area contributed by atoms with Crippen molar-refractivity contribution in [1.82, 2.24) is 25.0 Å². The number of hydrogen-bond donors (Lipinski definition) is 1. The molecule has 22 heavy (non-hydrogen) atoms. The summed E-state index contributed by atoms with van der Waals surface area (Å²) >= 11 is 0. The van der Waals surface area contributed by atoms with E-state index in [0.717, 1.165) is 11.4 Å². The van der Waals surface area contributed by atoms with Gasteiger partial charge in [0.1, 0.15) is 5.75 Å². The quantitative estimate of drug-likeness (QED) is 0.795. The molecule has 4 rings (SSSR count). The summed E-state index contributed by atoms with van der Waals surface area (Å²) in [6.45, 7) is 0. The third-order valence-corrected chi connectivity index (χ3v) is 3.95. The molecule has 0 bridgehead atoms. The fraction of sp³-hybridized carbons (Fsp3) is 0.333. The number of fused-ring (bicyclic) bond motifs is 1. The van der Waals surface area contributed by atoms with Gasteiger partial charge >= 0.3 is 0 Å². The van der Waals surface area contributed by atoms with Crippen LogP contribution in [0.1, 0.15) is 19.3 Å². The van der Waals surface area contributed by atoms with Gasteiger partial charge < -0.3 is 10.1 Å². The molecule has 112 valence electrons. The summed E-state index contributed by atoms with van der Waals surface area (Å²) in [5.41, 5.74) is 2.26. The van der Waals surface area contributed by atoms with Crippen molar-refractivity contribution in [3.05, 3.63) is 30.5 Å². The zero-order valence-electron chi connectivity index (χ0n) is 12.2. The van der Waals surface area contributed by atoms with Crippen molar-refractivity contribution in [2.75, 3.05) is 12.4 Å². The van der Waals surface area contributed by atoms with Crippen LogP contribution >= 0.6 is 0 Å². The maximum absolute atomic E-state index is 5.17. The molecule has 3 aromatic rings. The van der Waals surface area contributed by atoms with Crippen molar-refractivity contribution in [2.24, 2.45) is 0 Å². The minimum absolute atomic E-state index is 0.489. The maximum atomic E-state index is 5.17. The predicted octanol–water partition coefficient (Wildman–Crippen LogP) is 2.18. The standard InChI is InChI=1S/C15H16N6O/c1-22-12-7-5-11(6-8-12)21-14-13(19-20-21)9-16-15(18-14)17-10-3-2-4-10/h5-10H,2-4H2,1H3,(H,16,17,18). The molecule has 1 aliphatic carbocycles. The van der Waals surface area contributed by atoms with Crippen LogP contribution in [0.15, 0.2) is 30.5 Å². The second kappa shape index (κ2) is 5.25. The second-order valence-electron chi connectivity index (χ2n) is 5.37. The van der Waals surface area contributed by atoms with Crippen LogP contribution in [-0.4, -0.2) is 38.1 Å². The molecule has 1 aromatic carbocycles. The van der Waals surface area contributed by atoms with E-state index in [1.807, 2.05) is 24.3 Å². The molecule has 0 radical (unpaired) electrons. The third kappa shape index (κ3) is 2.24. The van der Waals surface area contributed by atoms with E-state index in [4.69, 9.17) is 4.74 Å². The first kappa shape index (κ1) is 13.0. The van der Waals surface area contributed by atoms with Gasteiger partial charge in [-0.25, -0.2) is 4.98 Å². The number of nitrogens with zero attached hydrogens (tertiary/aromatic N) is 5. The number of anilines is 1. The van der Waals surface area contributed by atoms with Crippen LogP contribution in [0.2, 0.25) is 0 Å². The number of benzene rings is 1. The molecule has 1 fully saturated rings. The van der Waals surface area contributed by atoms with E-state index in [1.165, 1.54) is 19.3 Å².